The third-order valence-corrected chi connectivity index (χ3v) is 6.83. The van der Waals surface area contributed by atoms with Gasteiger partial charge in [0.2, 0.25) is 5.91 Å². The molecule has 5 rings (SSSR count). The quantitative estimate of drug-likeness (QED) is 0.357. The van der Waals surface area contributed by atoms with E-state index in [4.69, 9.17) is 5.26 Å². The number of amides is 1. The van der Waals surface area contributed by atoms with Crippen molar-refractivity contribution in [3.63, 3.8) is 0 Å². The van der Waals surface area contributed by atoms with Crippen LogP contribution in [0.4, 0.5) is 14.5 Å². The number of fused-ring (bicyclic) bond motifs is 2. The van der Waals surface area contributed by atoms with Crippen LogP contribution in [0.3, 0.4) is 0 Å². The molecule has 37 heavy (non-hydrogen) atoms. The van der Waals surface area contributed by atoms with Gasteiger partial charge in [-0.05, 0) is 48.7 Å². The Bertz CT molecular complexity index is 1450. The third-order valence-electron chi connectivity index (χ3n) is 6.83. The molecule has 9 nitrogen and oxygen atoms in total. The van der Waals surface area contributed by atoms with Gasteiger partial charge in [-0.3, -0.25) is 10.1 Å². The van der Waals surface area contributed by atoms with E-state index in [1.807, 2.05) is 37.5 Å². The maximum absolute atomic E-state index is 13.5. The summed E-state index contributed by atoms with van der Waals surface area (Å²) < 4.78 is 37.7. The Morgan fingerprint density at radius 3 is 2.54 bits per heavy atom. The lowest BCUT2D eigenvalue weighted by Gasteiger charge is -2.33. The minimum Gasteiger partial charge on any atom is -0.752 e. The maximum atomic E-state index is 13.5. The molecule has 0 spiro atoms. The molecule has 11 heteroatoms. The Balaban J connectivity index is 1.53. The zero-order chi connectivity index (χ0) is 26.8. The van der Waals surface area contributed by atoms with E-state index in [9.17, 15) is 24.0 Å². The number of hydrogen-bond donors (Lipinski definition) is 1. The average Bonchev–Trinajstić information content (AvgIpc) is 3.47. The molecule has 1 aliphatic carbocycles. The maximum Gasteiger partial charge on any atom is 0.586 e. The first-order valence-corrected chi connectivity index (χ1v) is 11.7. The van der Waals surface area contributed by atoms with Crippen LogP contribution in [-0.4, -0.2) is 28.6 Å². The van der Waals surface area contributed by atoms with E-state index in [1.54, 1.807) is 0 Å². The van der Waals surface area contributed by atoms with Gasteiger partial charge >= 0.3 is 6.29 Å². The van der Waals surface area contributed by atoms with Gasteiger partial charge in [-0.2, -0.15) is 5.26 Å². The number of nitriles is 1. The highest BCUT2D eigenvalue weighted by atomic mass is 19.3. The van der Waals surface area contributed by atoms with Crippen molar-refractivity contribution < 1.29 is 33.2 Å². The van der Waals surface area contributed by atoms with E-state index in [0.29, 0.717) is 35.9 Å². The van der Waals surface area contributed by atoms with Crippen LogP contribution in [0, 0.1) is 16.5 Å². The van der Waals surface area contributed by atoms with Gasteiger partial charge in [0.05, 0.1) is 23.3 Å². The molecule has 1 aromatic heterocycles. The number of hydroxylamine groups is 1. The first-order valence-electron chi connectivity index (χ1n) is 11.7. The summed E-state index contributed by atoms with van der Waals surface area (Å²) >= 11 is 0. The van der Waals surface area contributed by atoms with Gasteiger partial charge in [-0.15, -0.1) is 8.78 Å². The second kappa shape index (κ2) is 8.41. The van der Waals surface area contributed by atoms with Crippen LogP contribution in [0.1, 0.15) is 50.4 Å². The minimum absolute atomic E-state index is 0.00158. The van der Waals surface area contributed by atoms with E-state index < -0.39 is 17.6 Å². The largest absolute Gasteiger partial charge is 0.752 e. The first-order chi connectivity index (χ1) is 17.4. The van der Waals surface area contributed by atoms with E-state index in [0.717, 1.165) is 5.69 Å². The summed E-state index contributed by atoms with van der Waals surface area (Å²) in [6.45, 7) is 6.34. The SMILES string of the molecule is CC(C)(C)c1cc2cc(N([O-])C(=O)C3(c4ccc5c(c4)OC(F)(F)O5)CC3)c(C#N)cc2n1CCOO. The van der Waals surface area contributed by atoms with Gasteiger partial charge in [0.15, 0.2) is 11.5 Å². The van der Waals surface area contributed by atoms with Crippen LogP contribution >= 0.6 is 0 Å². The molecule has 2 heterocycles. The highest BCUT2D eigenvalue weighted by molar-refractivity contribution is 6.06. The summed E-state index contributed by atoms with van der Waals surface area (Å²) in [6, 6.07) is 11.0. The number of nitrogens with zero attached hydrogens (tertiary/aromatic N) is 3. The lowest BCUT2D eigenvalue weighted by molar-refractivity contribution is -0.286. The summed E-state index contributed by atoms with van der Waals surface area (Å²) in [5.74, 6) is -1.15. The van der Waals surface area contributed by atoms with Crippen molar-refractivity contribution in [1.29, 1.82) is 5.26 Å². The minimum atomic E-state index is -3.80. The molecule has 0 radical (unpaired) electrons. The van der Waals surface area contributed by atoms with E-state index in [1.165, 1.54) is 30.3 Å². The van der Waals surface area contributed by atoms with Gasteiger partial charge in [0.25, 0.3) is 0 Å². The molecule has 2 aliphatic rings. The number of rotatable bonds is 6. The number of carbonyl (C=O) groups is 1. The molecule has 3 aromatic rings. The summed E-state index contributed by atoms with van der Waals surface area (Å²) in [5, 5.41) is 33.0. The number of carbonyl (C=O) groups excluding carboxylic acids is 1. The molecule has 194 valence electrons. The molecule has 0 unspecified atom stereocenters. The van der Waals surface area contributed by atoms with Crippen molar-refractivity contribution in [3.8, 4) is 17.6 Å². The molecular weight excluding hydrogens is 488 g/mol. The molecule has 0 bridgehead atoms. The van der Waals surface area contributed by atoms with Crippen LogP contribution in [0.15, 0.2) is 36.4 Å². The molecule has 2 aromatic carbocycles. The van der Waals surface area contributed by atoms with Crippen molar-refractivity contribution in [2.45, 2.75) is 57.3 Å². The highest BCUT2D eigenvalue weighted by Crippen LogP contribution is 2.53. The smallest absolute Gasteiger partial charge is 0.586 e. The molecule has 1 N–H and O–H groups in total. The first kappa shape index (κ1) is 25.0. The van der Waals surface area contributed by atoms with Crippen LogP contribution in [0.5, 0.6) is 11.5 Å². The zero-order valence-electron chi connectivity index (χ0n) is 20.4. The van der Waals surface area contributed by atoms with E-state index >= 15 is 0 Å². The molecule has 1 amide bonds. The normalized spacial score (nSPS) is 17.0. The summed E-state index contributed by atoms with van der Waals surface area (Å²) in [4.78, 5) is 17.7. The molecule has 1 fully saturated rings. The van der Waals surface area contributed by atoms with Gasteiger partial charge < -0.3 is 24.3 Å². The van der Waals surface area contributed by atoms with Crippen LogP contribution in [0.2, 0.25) is 0 Å². The number of anilines is 1. The third kappa shape index (κ3) is 4.17. The molecule has 1 aliphatic heterocycles. The Hall–Kier alpha value is -3.72. The van der Waals surface area contributed by atoms with Crippen molar-refractivity contribution in [2.24, 2.45) is 0 Å². The van der Waals surface area contributed by atoms with Crippen molar-refractivity contribution in [2.75, 3.05) is 11.7 Å². The van der Waals surface area contributed by atoms with Gasteiger partial charge in [0.1, 0.15) is 6.07 Å². The summed E-state index contributed by atoms with van der Waals surface area (Å²) in [6.07, 6.45) is -3.11. The van der Waals surface area contributed by atoms with Crippen LogP contribution in [-0.2, 0) is 27.1 Å². The number of aromatic nitrogens is 1. The topological polar surface area (TPSA) is 120 Å². The van der Waals surface area contributed by atoms with E-state index in [2.05, 4.69) is 14.4 Å². The average molecular weight is 512 g/mol. The second-order valence-electron chi connectivity index (χ2n) is 10.3. The Kier molecular flexibility index (Phi) is 5.67. The number of alkyl halides is 2. The fraction of sp³-hybridized carbons (Fsp3) is 0.385. The molecule has 0 saturated heterocycles. The molecule has 0 atom stereocenters. The Labute approximate surface area is 210 Å². The predicted octanol–water partition coefficient (Wildman–Crippen LogP) is 5.18. The van der Waals surface area contributed by atoms with Crippen molar-refractivity contribution in [1.82, 2.24) is 4.57 Å². The fourth-order valence-electron chi connectivity index (χ4n) is 4.85. The lowest BCUT2D eigenvalue weighted by Crippen LogP contribution is -2.35. The van der Waals surface area contributed by atoms with Gasteiger partial charge in [0, 0.05) is 28.6 Å². The summed E-state index contributed by atoms with van der Waals surface area (Å²) in [7, 11) is 0. The zero-order valence-corrected chi connectivity index (χ0v) is 20.4. The van der Waals surface area contributed by atoms with Gasteiger partial charge in [-0.1, -0.05) is 26.8 Å². The van der Waals surface area contributed by atoms with Crippen molar-refractivity contribution in [3.05, 3.63) is 58.4 Å². The molecule has 1 saturated carbocycles. The second-order valence-corrected chi connectivity index (χ2v) is 10.3. The van der Waals surface area contributed by atoms with Gasteiger partial charge in [-0.25, -0.2) is 4.89 Å². The lowest BCUT2D eigenvalue weighted by atomic mass is 9.92. The van der Waals surface area contributed by atoms with Crippen LogP contribution in [0.25, 0.3) is 10.9 Å². The standard InChI is InChI=1S/C26H24F2N3O6/c1-24(2,3)22-12-15-10-19(16(14-29)11-18(15)30(22)8-9-35-34)31(33)23(32)25(6-7-25)17-4-5-20-21(13-17)37-26(27,28)36-20/h4-5,10-13,34H,6-9H2,1-3H3/q-1. The number of benzene rings is 2. The Morgan fingerprint density at radius 2 is 1.92 bits per heavy atom. The fourth-order valence-corrected chi connectivity index (χ4v) is 4.85. The summed E-state index contributed by atoms with van der Waals surface area (Å²) in [5.41, 5.74) is 0.295. The number of halogens is 2. The van der Waals surface area contributed by atoms with Crippen LogP contribution < -0.4 is 14.5 Å². The monoisotopic (exact) mass is 512 g/mol. The number of ether oxygens (including phenoxy) is 2. The Morgan fingerprint density at radius 1 is 1.22 bits per heavy atom. The number of hydrogen-bond acceptors (Lipinski definition) is 7. The molecular formula is C26H24F2N3O6-. The van der Waals surface area contributed by atoms with Crippen molar-refractivity contribution >= 4 is 22.5 Å². The van der Waals surface area contributed by atoms with E-state index in [-0.39, 0.29) is 39.8 Å². The predicted molar refractivity (Wildman–Crippen MR) is 128 cm³/mol. The highest BCUT2D eigenvalue weighted by Gasteiger charge is 2.53.